The average molecular weight is 415 g/mol. The van der Waals surface area contributed by atoms with Gasteiger partial charge in [-0.1, -0.05) is 0 Å². The van der Waals surface area contributed by atoms with Gasteiger partial charge >= 0.3 is 0 Å². The Morgan fingerprint density at radius 1 is 1.14 bits per heavy atom. The highest BCUT2D eigenvalue weighted by atomic mass is 127. The number of methoxy groups -OCH3 is 2. The van der Waals surface area contributed by atoms with Crippen LogP contribution in [-0.2, 0) is 0 Å². The fraction of sp³-hybridized carbons (Fsp3) is 0.250. The number of benzene rings is 1. The molecule has 0 saturated carbocycles. The van der Waals surface area contributed by atoms with E-state index in [2.05, 4.69) is 4.98 Å². The van der Waals surface area contributed by atoms with Gasteiger partial charge in [0, 0.05) is 15.3 Å². The van der Waals surface area contributed by atoms with Crippen molar-refractivity contribution in [2.75, 3.05) is 14.2 Å². The summed E-state index contributed by atoms with van der Waals surface area (Å²) in [6.07, 6.45) is 1.41. The van der Waals surface area contributed by atoms with Crippen LogP contribution in [0.15, 0.2) is 18.3 Å². The number of rotatable bonds is 4. The van der Waals surface area contributed by atoms with Crippen LogP contribution in [0.2, 0.25) is 0 Å². The van der Waals surface area contributed by atoms with Gasteiger partial charge in [-0.2, -0.15) is 4.39 Å². The van der Waals surface area contributed by atoms with Crippen molar-refractivity contribution < 1.29 is 18.7 Å². The van der Waals surface area contributed by atoms with E-state index in [0.29, 0.717) is 26.2 Å². The van der Waals surface area contributed by atoms with Gasteiger partial charge in [0.2, 0.25) is 5.95 Å². The van der Waals surface area contributed by atoms with Crippen molar-refractivity contribution in [3.63, 3.8) is 0 Å². The number of hydrogen-bond acceptors (Lipinski definition) is 4. The number of pyridine rings is 1. The predicted molar refractivity (Wildman–Crippen MR) is 89.4 cm³/mol. The molecule has 0 spiro atoms. The van der Waals surface area contributed by atoms with Gasteiger partial charge in [0.1, 0.15) is 0 Å². The van der Waals surface area contributed by atoms with Gasteiger partial charge in [-0.3, -0.25) is 4.79 Å². The van der Waals surface area contributed by atoms with Crippen molar-refractivity contribution in [1.82, 2.24) is 4.98 Å². The lowest BCUT2D eigenvalue weighted by atomic mass is 9.98. The molecule has 0 atom stereocenters. The molecule has 1 aromatic heterocycles. The fourth-order valence-electron chi connectivity index (χ4n) is 2.12. The van der Waals surface area contributed by atoms with Crippen LogP contribution < -0.4 is 9.47 Å². The van der Waals surface area contributed by atoms with E-state index in [1.165, 1.54) is 20.4 Å². The predicted octanol–water partition coefficient (Wildman–Crippen LogP) is 3.69. The van der Waals surface area contributed by atoms with Crippen molar-refractivity contribution in [2.24, 2.45) is 0 Å². The standard InChI is InChI=1S/C16H15FINO3/c1-8-5-11(21-3)12(22-4)6-10(8)15(20)13-14(18)9(2)7-19-16(13)17/h5-7H,1-4H3. The summed E-state index contributed by atoms with van der Waals surface area (Å²) in [7, 11) is 3.01. The van der Waals surface area contributed by atoms with Crippen LogP contribution in [0.5, 0.6) is 11.5 Å². The number of ketones is 1. The number of carbonyl (C=O) groups is 1. The molecule has 116 valence electrons. The molecule has 0 bridgehead atoms. The summed E-state index contributed by atoms with van der Waals surface area (Å²) in [4.78, 5) is 16.4. The Morgan fingerprint density at radius 3 is 2.32 bits per heavy atom. The Hall–Kier alpha value is -1.70. The highest BCUT2D eigenvalue weighted by Gasteiger charge is 2.23. The largest absolute Gasteiger partial charge is 0.493 e. The second-order valence-electron chi connectivity index (χ2n) is 4.77. The zero-order chi connectivity index (χ0) is 16.4. The molecule has 0 unspecified atom stereocenters. The van der Waals surface area contributed by atoms with Crippen LogP contribution in [-0.4, -0.2) is 25.0 Å². The van der Waals surface area contributed by atoms with Crippen molar-refractivity contribution in [1.29, 1.82) is 0 Å². The van der Waals surface area contributed by atoms with Gasteiger partial charge in [-0.15, -0.1) is 0 Å². The van der Waals surface area contributed by atoms with Crippen molar-refractivity contribution >= 4 is 28.4 Å². The number of halogens is 2. The first-order valence-electron chi connectivity index (χ1n) is 6.48. The van der Waals surface area contributed by atoms with E-state index in [0.717, 1.165) is 5.56 Å². The molecule has 2 aromatic rings. The second kappa shape index (κ2) is 6.60. The van der Waals surface area contributed by atoms with Gasteiger partial charge in [0.05, 0.1) is 19.8 Å². The third-order valence-corrected chi connectivity index (χ3v) is 4.74. The molecule has 0 aliphatic heterocycles. The van der Waals surface area contributed by atoms with E-state index >= 15 is 0 Å². The molecule has 4 nitrogen and oxygen atoms in total. The summed E-state index contributed by atoms with van der Waals surface area (Å²) in [5.74, 6) is -0.243. The Morgan fingerprint density at radius 2 is 1.73 bits per heavy atom. The quantitative estimate of drug-likeness (QED) is 0.434. The molecule has 6 heteroatoms. The van der Waals surface area contributed by atoms with E-state index in [1.807, 2.05) is 22.6 Å². The zero-order valence-electron chi connectivity index (χ0n) is 12.7. The monoisotopic (exact) mass is 415 g/mol. The van der Waals surface area contributed by atoms with Gasteiger partial charge in [0.25, 0.3) is 0 Å². The minimum Gasteiger partial charge on any atom is -0.493 e. The van der Waals surface area contributed by atoms with E-state index < -0.39 is 11.7 Å². The first-order valence-corrected chi connectivity index (χ1v) is 7.56. The lowest BCUT2D eigenvalue weighted by molar-refractivity contribution is 0.103. The molecular formula is C16H15FINO3. The summed E-state index contributed by atoms with van der Waals surface area (Å²) in [5.41, 5.74) is 1.78. The third-order valence-electron chi connectivity index (χ3n) is 3.35. The van der Waals surface area contributed by atoms with E-state index in [-0.39, 0.29) is 5.56 Å². The van der Waals surface area contributed by atoms with Gasteiger partial charge in [-0.05, 0) is 59.7 Å². The molecular weight excluding hydrogens is 400 g/mol. The highest BCUT2D eigenvalue weighted by molar-refractivity contribution is 14.1. The summed E-state index contributed by atoms with van der Waals surface area (Å²) < 4.78 is 25.0. The minimum absolute atomic E-state index is 0.0177. The summed E-state index contributed by atoms with van der Waals surface area (Å²) in [6, 6.07) is 3.26. The molecule has 0 aliphatic carbocycles. The van der Waals surface area contributed by atoms with Gasteiger partial charge in [0.15, 0.2) is 17.3 Å². The Balaban J connectivity index is 2.62. The molecule has 0 saturated heterocycles. The van der Waals surface area contributed by atoms with Crippen molar-refractivity contribution in [2.45, 2.75) is 13.8 Å². The van der Waals surface area contributed by atoms with E-state index in [9.17, 15) is 9.18 Å². The topological polar surface area (TPSA) is 48.4 Å². The molecule has 0 N–H and O–H groups in total. The zero-order valence-corrected chi connectivity index (χ0v) is 14.8. The Kier molecular flexibility index (Phi) is 5.00. The number of carbonyl (C=O) groups excluding carboxylic acids is 1. The smallest absolute Gasteiger partial charge is 0.225 e. The van der Waals surface area contributed by atoms with Gasteiger partial charge < -0.3 is 9.47 Å². The highest BCUT2D eigenvalue weighted by Crippen LogP contribution is 2.32. The normalized spacial score (nSPS) is 10.5. The first-order chi connectivity index (χ1) is 10.4. The molecule has 22 heavy (non-hydrogen) atoms. The Labute approximate surface area is 141 Å². The van der Waals surface area contributed by atoms with Crippen LogP contribution in [0.4, 0.5) is 4.39 Å². The van der Waals surface area contributed by atoms with Crippen molar-refractivity contribution in [3.8, 4) is 11.5 Å². The summed E-state index contributed by atoms with van der Waals surface area (Å²) >= 11 is 1.96. The third kappa shape index (κ3) is 2.92. The molecule has 0 amide bonds. The summed E-state index contributed by atoms with van der Waals surface area (Å²) in [5, 5.41) is 0. The second-order valence-corrected chi connectivity index (χ2v) is 5.85. The Bertz CT molecular complexity index is 747. The summed E-state index contributed by atoms with van der Waals surface area (Å²) in [6.45, 7) is 3.55. The number of hydrogen-bond donors (Lipinski definition) is 0. The number of aryl methyl sites for hydroxylation is 2. The molecule has 2 rings (SSSR count). The number of ether oxygens (including phenoxy) is 2. The number of nitrogens with zero attached hydrogens (tertiary/aromatic N) is 1. The lowest BCUT2D eigenvalue weighted by Gasteiger charge is -2.13. The molecule has 0 radical (unpaired) electrons. The average Bonchev–Trinajstić information content (AvgIpc) is 2.50. The maximum atomic E-state index is 14.0. The molecule has 0 aliphatic rings. The maximum Gasteiger partial charge on any atom is 0.225 e. The maximum absolute atomic E-state index is 14.0. The van der Waals surface area contributed by atoms with Crippen molar-refractivity contribution in [3.05, 3.63) is 50.1 Å². The molecule has 1 aromatic carbocycles. The number of aromatic nitrogens is 1. The van der Waals surface area contributed by atoms with Crippen LogP contribution in [0.25, 0.3) is 0 Å². The fourth-order valence-corrected chi connectivity index (χ4v) is 2.72. The van der Waals surface area contributed by atoms with Crippen LogP contribution >= 0.6 is 22.6 Å². The minimum atomic E-state index is -0.769. The van der Waals surface area contributed by atoms with E-state index in [1.54, 1.807) is 26.0 Å². The van der Waals surface area contributed by atoms with Crippen LogP contribution in [0, 0.1) is 23.4 Å². The van der Waals surface area contributed by atoms with E-state index in [4.69, 9.17) is 9.47 Å². The van der Waals surface area contributed by atoms with Crippen LogP contribution in [0.3, 0.4) is 0 Å². The van der Waals surface area contributed by atoms with Gasteiger partial charge in [-0.25, -0.2) is 4.98 Å². The molecule has 1 heterocycles. The lowest BCUT2D eigenvalue weighted by Crippen LogP contribution is -2.11. The van der Waals surface area contributed by atoms with Crippen LogP contribution in [0.1, 0.15) is 27.0 Å². The molecule has 0 fully saturated rings. The first kappa shape index (κ1) is 16.7. The SMILES string of the molecule is COc1cc(C)c(C(=O)c2c(F)ncc(C)c2I)cc1OC.